The fraction of sp³-hybridized carbons (Fsp3) is 1.00. The standard InChI is InChI=1S/C6H11N/c1-4-2-5-3-6(5)7-4/h4-7H,2-3H2,1H3/t4-,5-,6+/m0/s1. The van der Waals surface area contributed by atoms with Gasteiger partial charge in [-0.2, -0.15) is 0 Å². The van der Waals surface area contributed by atoms with E-state index in [1.807, 2.05) is 0 Å². The number of rotatable bonds is 0. The number of hydrogen-bond donors (Lipinski definition) is 1. The molecule has 0 radical (unpaired) electrons. The average Bonchev–Trinajstić information content (AvgIpc) is 2.15. The van der Waals surface area contributed by atoms with Crippen LogP contribution in [0.5, 0.6) is 0 Å². The van der Waals surface area contributed by atoms with Crippen molar-refractivity contribution in [2.24, 2.45) is 5.92 Å². The van der Waals surface area contributed by atoms with Gasteiger partial charge in [0.1, 0.15) is 0 Å². The molecule has 1 N–H and O–H groups in total. The molecule has 1 heterocycles. The van der Waals surface area contributed by atoms with Crippen LogP contribution in [0, 0.1) is 5.92 Å². The Morgan fingerprint density at radius 1 is 1.43 bits per heavy atom. The summed E-state index contributed by atoms with van der Waals surface area (Å²) in [4.78, 5) is 0. The quantitative estimate of drug-likeness (QED) is 0.470. The zero-order valence-corrected chi connectivity index (χ0v) is 4.65. The lowest BCUT2D eigenvalue weighted by Crippen LogP contribution is -2.21. The number of piperidine rings is 1. The molecule has 2 rings (SSSR count). The molecular formula is C6H11N. The second-order valence-electron chi connectivity index (χ2n) is 2.91. The molecular weight excluding hydrogens is 86.1 g/mol. The van der Waals surface area contributed by atoms with Gasteiger partial charge in [0.25, 0.3) is 0 Å². The van der Waals surface area contributed by atoms with E-state index in [-0.39, 0.29) is 0 Å². The molecule has 1 saturated heterocycles. The lowest BCUT2D eigenvalue weighted by molar-refractivity contribution is 0.584. The molecule has 40 valence electrons. The molecule has 0 aromatic heterocycles. The molecule has 7 heavy (non-hydrogen) atoms. The fourth-order valence-electron chi connectivity index (χ4n) is 1.60. The van der Waals surface area contributed by atoms with E-state index in [0.29, 0.717) is 0 Å². The molecule has 1 nitrogen and oxygen atoms in total. The Balaban J connectivity index is 2.02. The van der Waals surface area contributed by atoms with Crippen molar-refractivity contribution >= 4 is 0 Å². The zero-order valence-electron chi connectivity index (χ0n) is 4.65. The summed E-state index contributed by atoms with van der Waals surface area (Å²) in [6.07, 6.45) is 2.90. The Morgan fingerprint density at radius 2 is 2.29 bits per heavy atom. The summed E-state index contributed by atoms with van der Waals surface area (Å²) in [5, 5.41) is 3.49. The Bertz CT molecular complexity index is 80.2. The van der Waals surface area contributed by atoms with Crippen molar-refractivity contribution < 1.29 is 0 Å². The van der Waals surface area contributed by atoms with E-state index in [1.54, 1.807) is 0 Å². The summed E-state index contributed by atoms with van der Waals surface area (Å²) in [5.41, 5.74) is 0. The van der Waals surface area contributed by atoms with Crippen LogP contribution in [0.1, 0.15) is 19.8 Å². The SMILES string of the molecule is C[C@H]1C[C@H]2C[C@H]2N1. The van der Waals surface area contributed by atoms with Crippen LogP contribution in [0.25, 0.3) is 0 Å². The van der Waals surface area contributed by atoms with Gasteiger partial charge in [0.15, 0.2) is 0 Å². The molecule has 0 unspecified atom stereocenters. The van der Waals surface area contributed by atoms with Crippen molar-refractivity contribution in [1.29, 1.82) is 0 Å². The molecule has 2 fully saturated rings. The molecule has 0 aromatic carbocycles. The molecule has 3 atom stereocenters. The second-order valence-corrected chi connectivity index (χ2v) is 2.91. The number of nitrogens with one attached hydrogen (secondary N) is 1. The molecule has 1 saturated carbocycles. The van der Waals surface area contributed by atoms with Gasteiger partial charge in [-0.25, -0.2) is 0 Å². The lowest BCUT2D eigenvalue weighted by atomic mass is 10.2. The predicted octanol–water partition coefficient (Wildman–Crippen LogP) is 0.757. The van der Waals surface area contributed by atoms with Gasteiger partial charge in [-0.3, -0.25) is 0 Å². The monoisotopic (exact) mass is 97.1 g/mol. The highest BCUT2D eigenvalue weighted by Crippen LogP contribution is 2.40. The minimum absolute atomic E-state index is 0.823. The number of fused-ring (bicyclic) bond motifs is 1. The van der Waals surface area contributed by atoms with Crippen LogP contribution in [0.15, 0.2) is 0 Å². The van der Waals surface area contributed by atoms with Crippen LogP contribution in [-0.4, -0.2) is 12.1 Å². The van der Waals surface area contributed by atoms with Crippen molar-refractivity contribution in [2.45, 2.75) is 31.8 Å². The predicted molar refractivity (Wildman–Crippen MR) is 29.1 cm³/mol. The van der Waals surface area contributed by atoms with Crippen molar-refractivity contribution in [3.05, 3.63) is 0 Å². The van der Waals surface area contributed by atoms with Crippen LogP contribution in [-0.2, 0) is 0 Å². The Morgan fingerprint density at radius 3 is 2.57 bits per heavy atom. The summed E-state index contributed by atoms with van der Waals surface area (Å²) in [7, 11) is 0. The van der Waals surface area contributed by atoms with E-state index < -0.39 is 0 Å². The molecule has 2 aliphatic rings. The Kier molecular flexibility index (Phi) is 0.571. The smallest absolute Gasteiger partial charge is 0.0102 e. The van der Waals surface area contributed by atoms with Gasteiger partial charge in [0.05, 0.1) is 0 Å². The summed E-state index contributed by atoms with van der Waals surface area (Å²) < 4.78 is 0. The van der Waals surface area contributed by atoms with Crippen molar-refractivity contribution in [3.63, 3.8) is 0 Å². The molecule has 0 amide bonds. The average molecular weight is 97.2 g/mol. The maximum Gasteiger partial charge on any atom is 0.0102 e. The van der Waals surface area contributed by atoms with Gasteiger partial charge in [0, 0.05) is 12.1 Å². The topological polar surface area (TPSA) is 12.0 Å². The molecule has 1 heteroatoms. The third-order valence-electron chi connectivity index (χ3n) is 2.08. The Hall–Kier alpha value is -0.0400. The molecule has 0 spiro atoms. The van der Waals surface area contributed by atoms with Crippen molar-refractivity contribution in [1.82, 2.24) is 5.32 Å². The first-order valence-electron chi connectivity index (χ1n) is 3.12. The van der Waals surface area contributed by atoms with E-state index in [1.165, 1.54) is 12.8 Å². The Labute approximate surface area is 44.1 Å². The molecule has 0 bridgehead atoms. The van der Waals surface area contributed by atoms with Crippen LogP contribution in [0.3, 0.4) is 0 Å². The van der Waals surface area contributed by atoms with E-state index in [9.17, 15) is 0 Å². The van der Waals surface area contributed by atoms with Crippen molar-refractivity contribution in [3.8, 4) is 0 Å². The summed E-state index contributed by atoms with van der Waals surface area (Å²) in [6.45, 7) is 2.27. The first-order chi connectivity index (χ1) is 3.36. The van der Waals surface area contributed by atoms with Crippen LogP contribution < -0.4 is 5.32 Å². The van der Waals surface area contributed by atoms with E-state index in [2.05, 4.69) is 12.2 Å². The maximum atomic E-state index is 3.49. The van der Waals surface area contributed by atoms with Gasteiger partial charge in [0.2, 0.25) is 0 Å². The molecule has 1 aliphatic carbocycles. The summed E-state index contributed by atoms with van der Waals surface area (Å²) in [6, 6.07) is 1.76. The third kappa shape index (κ3) is 0.480. The first kappa shape index (κ1) is 3.90. The van der Waals surface area contributed by atoms with Crippen molar-refractivity contribution in [2.75, 3.05) is 0 Å². The van der Waals surface area contributed by atoms with Gasteiger partial charge in [-0.1, -0.05) is 0 Å². The van der Waals surface area contributed by atoms with Crippen LogP contribution in [0.4, 0.5) is 0 Å². The zero-order chi connectivity index (χ0) is 4.85. The molecule has 0 aromatic rings. The van der Waals surface area contributed by atoms with E-state index >= 15 is 0 Å². The van der Waals surface area contributed by atoms with E-state index in [4.69, 9.17) is 0 Å². The normalized spacial score (nSPS) is 57.0. The van der Waals surface area contributed by atoms with Gasteiger partial charge in [-0.15, -0.1) is 0 Å². The molecule has 1 aliphatic heterocycles. The highest BCUT2D eigenvalue weighted by molar-refractivity contribution is 5.01. The van der Waals surface area contributed by atoms with Crippen LogP contribution in [0.2, 0.25) is 0 Å². The van der Waals surface area contributed by atoms with Gasteiger partial charge in [-0.05, 0) is 25.7 Å². The van der Waals surface area contributed by atoms with E-state index in [0.717, 1.165) is 18.0 Å². The highest BCUT2D eigenvalue weighted by Gasteiger charge is 2.43. The largest absolute Gasteiger partial charge is 0.311 e. The highest BCUT2D eigenvalue weighted by atomic mass is 15.0. The van der Waals surface area contributed by atoms with Crippen LogP contribution >= 0.6 is 0 Å². The third-order valence-corrected chi connectivity index (χ3v) is 2.08. The maximum absolute atomic E-state index is 3.49. The second kappa shape index (κ2) is 1.03. The summed E-state index contributed by atoms with van der Waals surface area (Å²) >= 11 is 0. The van der Waals surface area contributed by atoms with Gasteiger partial charge < -0.3 is 5.32 Å². The van der Waals surface area contributed by atoms with Gasteiger partial charge >= 0.3 is 0 Å². The minimum atomic E-state index is 0.823. The lowest BCUT2D eigenvalue weighted by Gasteiger charge is -2.01. The minimum Gasteiger partial charge on any atom is -0.311 e. The first-order valence-corrected chi connectivity index (χ1v) is 3.12. The number of hydrogen-bond acceptors (Lipinski definition) is 1. The summed E-state index contributed by atoms with van der Waals surface area (Å²) in [5.74, 6) is 1.08. The fourth-order valence-corrected chi connectivity index (χ4v) is 1.60.